The van der Waals surface area contributed by atoms with Crippen molar-refractivity contribution in [3.8, 4) is 11.5 Å². The Bertz CT molecular complexity index is 1190. The van der Waals surface area contributed by atoms with Crippen molar-refractivity contribution < 1.29 is 38.4 Å². The molecule has 0 unspecified atom stereocenters. The molecule has 2 aromatic rings. The summed E-state index contributed by atoms with van der Waals surface area (Å²) in [4.78, 5) is 41.0. The van der Waals surface area contributed by atoms with Gasteiger partial charge in [-0.1, -0.05) is 17.7 Å². The molecule has 0 fully saturated rings. The number of ether oxygens (including phenoxy) is 4. The van der Waals surface area contributed by atoms with E-state index >= 15 is 0 Å². The zero-order valence-electron chi connectivity index (χ0n) is 19.9. The molecule has 2 aliphatic heterocycles. The molecule has 0 radical (unpaired) electrons. The molecule has 0 aromatic heterocycles. The van der Waals surface area contributed by atoms with Gasteiger partial charge in [0.2, 0.25) is 0 Å². The molecule has 0 spiro atoms. The predicted octanol–water partition coefficient (Wildman–Crippen LogP) is 2.84. The highest BCUT2D eigenvalue weighted by Crippen LogP contribution is 2.52. The third kappa shape index (κ3) is 4.12. The lowest BCUT2D eigenvalue weighted by molar-refractivity contribution is -0.222. The zero-order chi connectivity index (χ0) is 25.3. The maximum absolute atomic E-state index is 13.5. The second-order valence-corrected chi connectivity index (χ2v) is 8.20. The van der Waals surface area contributed by atoms with Crippen LogP contribution in [0, 0.1) is 12.8 Å². The number of hydrogen-bond acceptors (Lipinski definition) is 9. The molecule has 3 atom stereocenters. The van der Waals surface area contributed by atoms with E-state index in [0.717, 1.165) is 11.6 Å². The fourth-order valence-corrected chi connectivity index (χ4v) is 4.45. The molecule has 0 saturated heterocycles. The highest BCUT2D eigenvalue weighted by atomic mass is 16.7. The molecular weight excluding hydrogens is 454 g/mol. The van der Waals surface area contributed by atoms with Crippen molar-refractivity contribution in [2.24, 2.45) is 5.92 Å². The van der Waals surface area contributed by atoms with Gasteiger partial charge in [-0.05, 0) is 51.1 Å². The van der Waals surface area contributed by atoms with Crippen molar-refractivity contribution in [3.63, 3.8) is 0 Å². The Morgan fingerprint density at radius 1 is 1.09 bits per heavy atom. The Hall–Kier alpha value is -3.85. The Morgan fingerprint density at radius 3 is 2.40 bits per heavy atom. The van der Waals surface area contributed by atoms with Crippen molar-refractivity contribution in [2.75, 3.05) is 25.2 Å². The van der Waals surface area contributed by atoms with E-state index in [1.165, 1.54) is 13.2 Å². The van der Waals surface area contributed by atoms with E-state index in [4.69, 9.17) is 18.9 Å². The molecular formula is C26H27NO8. The van der Waals surface area contributed by atoms with Gasteiger partial charge in [-0.25, -0.2) is 9.59 Å². The van der Waals surface area contributed by atoms with Crippen LogP contribution < -0.4 is 14.4 Å². The van der Waals surface area contributed by atoms with Crippen LogP contribution in [0.2, 0.25) is 0 Å². The third-order valence-corrected chi connectivity index (χ3v) is 6.03. The van der Waals surface area contributed by atoms with Crippen LogP contribution >= 0.6 is 0 Å². The first-order valence-corrected chi connectivity index (χ1v) is 11.3. The van der Waals surface area contributed by atoms with Crippen LogP contribution in [0.4, 0.5) is 5.69 Å². The molecule has 0 aliphatic carbocycles. The van der Waals surface area contributed by atoms with Gasteiger partial charge in [-0.15, -0.1) is 0 Å². The second-order valence-electron chi connectivity index (χ2n) is 8.20. The first-order valence-electron chi connectivity index (χ1n) is 11.3. The molecule has 1 N–H and O–H groups in total. The van der Waals surface area contributed by atoms with Crippen molar-refractivity contribution in [1.82, 2.24) is 0 Å². The second kappa shape index (κ2) is 9.42. The lowest BCUT2D eigenvalue weighted by atomic mass is 9.76. The van der Waals surface area contributed by atoms with Gasteiger partial charge in [0.05, 0.1) is 26.4 Å². The van der Waals surface area contributed by atoms with Crippen LogP contribution in [0.3, 0.4) is 0 Å². The van der Waals surface area contributed by atoms with Crippen LogP contribution in [0.15, 0.2) is 54.2 Å². The van der Waals surface area contributed by atoms with Crippen molar-refractivity contribution in [3.05, 3.63) is 65.4 Å². The van der Waals surface area contributed by atoms with E-state index in [0.29, 0.717) is 17.0 Å². The summed E-state index contributed by atoms with van der Waals surface area (Å²) in [6.07, 6.45) is 1.08. The predicted molar refractivity (Wildman–Crippen MR) is 125 cm³/mol. The van der Waals surface area contributed by atoms with Gasteiger partial charge in [0.25, 0.3) is 0 Å². The summed E-state index contributed by atoms with van der Waals surface area (Å²) < 4.78 is 21.5. The number of anilines is 1. The number of carbonyl (C=O) groups is 3. The van der Waals surface area contributed by atoms with Crippen molar-refractivity contribution in [2.45, 2.75) is 32.6 Å². The summed E-state index contributed by atoms with van der Waals surface area (Å²) in [7, 11) is 1.49. The van der Waals surface area contributed by atoms with Crippen LogP contribution in [-0.4, -0.2) is 48.9 Å². The van der Waals surface area contributed by atoms with Crippen LogP contribution in [0.1, 0.15) is 31.0 Å². The minimum Gasteiger partial charge on any atom is -0.497 e. The minimum atomic E-state index is -2.63. The standard InChI is InChI=1S/C26H27NO8/c1-5-33-24(29)19-14-20(28)22-23(27(19)16-9-7-15(3)8-10-16)18-13-17(32-4)11-12-21(18)35-26(22,31)25(30)34-6-2/h7-14,22-23,31H,5-6H2,1-4H3/t22-,23-,26+/m0/s1. The van der Waals surface area contributed by atoms with Gasteiger partial charge in [0, 0.05) is 17.3 Å². The Kier molecular flexibility index (Phi) is 6.53. The van der Waals surface area contributed by atoms with E-state index in [2.05, 4.69) is 0 Å². The smallest absolute Gasteiger partial charge is 0.380 e. The number of nitrogens with zero attached hydrogens (tertiary/aromatic N) is 1. The molecule has 0 saturated carbocycles. The molecule has 0 bridgehead atoms. The molecule has 184 valence electrons. The summed E-state index contributed by atoms with van der Waals surface area (Å²) in [5, 5.41) is 11.5. The summed E-state index contributed by atoms with van der Waals surface area (Å²) in [6.45, 7) is 5.23. The highest BCUT2D eigenvalue weighted by Gasteiger charge is 2.62. The van der Waals surface area contributed by atoms with Crippen LogP contribution in [0.25, 0.3) is 0 Å². The summed E-state index contributed by atoms with van der Waals surface area (Å²) in [5.41, 5.74) is 1.97. The summed E-state index contributed by atoms with van der Waals surface area (Å²) in [5.74, 6) is -5.93. The quantitative estimate of drug-likeness (QED) is 0.623. The molecule has 9 heteroatoms. The van der Waals surface area contributed by atoms with Gasteiger partial charge in [0.1, 0.15) is 23.1 Å². The number of allylic oxidation sites excluding steroid dienone is 1. The average molecular weight is 482 g/mol. The molecule has 2 heterocycles. The lowest BCUT2D eigenvalue weighted by Crippen LogP contribution is -2.62. The third-order valence-electron chi connectivity index (χ3n) is 6.03. The monoisotopic (exact) mass is 481 g/mol. The largest absolute Gasteiger partial charge is 0.497 e. The number of rotatable bonds is 6. The molecule has 2 aliphatic rings. The minimum absolute atomic E-state index is 0.0242. The van der Waals surface area contributed by atoms with E-state index in [-0.39, 0.29) is 24.7 Å². The zero-order valence-corrected chi connectivity index (χ0v) is 19.9. The molecule has 9 nitrogen and oxygen atoms in total. The highest BCUT2D eigenvalue weighted by molar-refractivity contribution is 6.08. The molecule has 4 rings (SSSR count). The number of benzene rings is 2. The number of fused-ring (bicyclic) bond motifs is 3. The number of esters is 2. The Balaban J connectivity index is 2.01. The van der Waals surface area contributed by atoms with E-state index in [1.54, 1.807) is 43.0 Å². The topological polar surface area (TPSA) is 112 Å². The fourth-order valence-electron chi connectivity index (χ4n) is 4.45. The number of aliphatic hydroxyl groups is 1. The van der Waals surface area contributed by atoms with Gasteiger partial charge < -0.3 is 29.0 Å². The number of aryl methyl sites for hydroxylation is 1. The van der Waals surface area contributed by atoms with Crippen molar-refractivity contribution >= 4 is 23.4 Å². The number of hydrogen-bond donors (Lipinski definition) is 1. The normalized spacial score (nSPS) is 22.8. The Morgan fingerprint density at radius 2 is 1.77 bits per heavy atom. The average Bonchev–Trinajstić information content (AvgIpc) is 2.84. The maximum Gasteiger partial charge on any atom is 0.380 e. The van der Waals surface area contributed by atoms with Gasteiger partial charge in [-0.2, -0.15) is 0 Å². The molecule has 0 amide bonds. The molecule has 2 aromatic carbocycles. The molecule has 35 heavy (non-hydrogen) atoms. The van der Waals surface area contributed by atoms with Gasteiger partial charge in [-0.3, -0.25) is 4.79 Å². The lowest BCUT2D eigenvalue weighted by Gasteiger charge is -2.49. The number of carbonyl (C=O) groups excluding carboxylic acids is 3. The SMILES string of the molecule is CCOC(=O)C1=CC(=O)[C@H]2[C@H](c3cc(OC)ccc3O[C@@]2(O)C(=O)OCC)N1c1ccc(C)cc1. The number of methoxy groups -OCH3 is 1. The summed E-state index contributed by atoms with van der Waals surface area (Å²) >= 11 is 0. The van der Waals surface area contributed by atoms with Crippen LogP contribution in [-0.2, 0) is 23.9 Å². The van der Waals surface area contributed by atoms with E-state index < -0.39 is 35.5 Å². The first kappa shape index (κ1) is 24.3. The summed E-state index contributed by atoms with van der Waals surface area (Å²) in [6, 6.07) is 11.1. The fraction of sp³-hybridized carbons (Fsp3) is 0.346. The van der Waals surface area contributed by atoms with E-state index in [1.807, 2.05) is 19.1 Å². The van der Waals surface area contributed by atoms with Gasteiger partial charge >= 0.3 is 17.7 Å². The van der Waals surface area contributed by atoms with Crippen molar-refractivity contribution in [1.29, 1.82) is 0 Å². The Labute approximate surface area is 202 Å². The van der Waals surface area contributed by atoms with Gasteiger partial charge in [0.15, 0.2) is 5.78 Å². The maximum atomic E-state index is 13.5. The van der Waals surface area contributed by atoms with Crippen LogP contribution in [0.5, 0.6) is 11.5 Å². The first-order chi connectivity index (χ1) is 16.7. The van der Waals surface area contributed by atoms with E-state index in [9.17, 15) is 19.5 Å². The number of ketones is 1.